The summed E-state index contributed by atoms with van der Waals surface area (Å²) >= 11 is 7.20. The minimum absolute atomic E-state index is 0.810. The van der Waals surface area contributed by atoms with E-state index in [2.05, 4.69) is 40.1 Å². The molecule has 0 fully saturated rings. The summed E-state index contributed by atoms with van der Waals surface area (Å²) < 4.78 is 2.99. The summed E-state index contributed by atoms with van der Waals surface area (Å²) in [5, 5.41) is 0. The van der Waals surface area contributed by atoms with Crippen molar-refractivity contribution >= 4 is 24.0 Å². The maximum atomic E-state index is 5.32. The predicted molar refractivity (Wildman–Crippen MR) is 78.1 cm³/mol. The zero-order chi connectivity index (χ0) is 12.1. The van der Waals surface area contributed by atoms with Crippen molar-refractivity contribution in [1.29, 1.82) is 0 Å². The molecular formula is C13H16N2S2. The van der Waals surface area contributed by atoms with Crippen molar-refractivity contribution < 1.29 is 0 Å². The fraction of sp³-hybridized carbons (Fsp3) is 0.308. The zero-order valence-electron chi connectivity index (χ0n) is 9.85. The van der Waals surface area contributed by atoms with Gasteiger partial charge < -0.3 is 9.55 Å². The van der Waals surface area contributed by atoms with Crippen LogP contribution in [0.2, 0.25) is 0 Å². The molecule has 1 heterocycles. The van der Waals surface area contributed by atoms with E-state index in [1.807, 2.05) is 24.0 Å². The molecule has 2 nitrogen and oxygen atoms in total. The third-order valence-electron chi connectivity index (χ3n) is 2.67. The number of nitrogens with one attached hydrogen (secondary N) is 1. The molecule has 0 bridgehead atoms. The van der Waals surface area contributed by atoms with E-state index in [0.717, 1.165) is 17.7 Å². The molecule has 0 saturated carbocycles. The lowest BCUT2D eigenvalue weighted by atomic mass is 10.2. The number of H-pyrrole nitrogens is 1. The average Bonchev–Trinajstić information content (AvgIpc) is 2.73. The van der Waals surface area contributed by atoms with Crippen molar-refractivity contribution in [1.82, 2.24) is 9.55 Å². The molecule has 90 valence electrons. The quantitative estimate of drug-likeness (QED) is 0.651. The van der Waals surface area contributed by atoms with Gasteiger partial charge in [-0.1, -0.05) is 30.3 Å². The standard InChI is InChI=1S/C13H16N2S2/c1-17-9-5-8-15-12(10-14-13(15)16)11-6-3-2-4-7-11/h2-4,6-7,10H,5,8-9H2,1H3,(H,14,16). The molecule has 0 saturated heterocycles. The number of hydrogen-bond acceptors (Lipinski definition) is 2. The highest BCUT2D eigenvalue weighted by molar-refractivity contribution is 7.98. The van der Waals surface area contributed by atoms with E-state index in [1.165, 1.54) is 17.0 Å². The van der Waals surface area contributed by atoms with Crippen LogP contribution >= 0.6 is 24.0 Å². The van der Waals surface area contributed by atoms with Crippen LogP contribution in [0.25, 0.3) is 11.3 Å². The molecule has 0 spiro atoms. The number of rotatable bonds is 5. The van der Waals surface area contributed by atoms with Gasteiger partial charge in [0.05, 0.1) is 5.69 Å². The first kappa shape index (κ1) is 12.5. The monoisotopic (exact) mass is 264 g/mol. The minimum atomic E-state index is 0.810. The first-order valence-electron chi connectivity index (χ1n) is 5.65. The van der Waals surface area contributed by atoms with Gasteiger partial charge in [0.25, 0.3) is 0 Å². The predicted octanol–water partition coefficient (Wildman–Crippen LogP) is 3.97. The first-order valence-corrected chi connectivity index (χ1v) is 7.45. The molecule has 1 aromatic carbocycles. The second-order valence-corrected chi connectivity index (χ2v) is 5.22. The third-order valence-corrected chi connectivity index (χ3v) is 3.70. The highest BCUT2D eigenvalue weighted by Crippen LogP contribution is 2.19. The fourth-order valence-electron chi connectivity index (χ4n) is 1.83. The van der Waals surface area contributed by atoms with Crippen LogP contribution in [-0.4, -0.2) is 21.6 Å². The van der Waals surface area contributed by atoms with E-state index in [9.17, 15) is 0 Å². The topological polar surface area (TPSA) is 20.7 Å². The molecule has 0 atom stereocenters. The van der Waals surface area contributed by atoms with Crippen LogP contribution in [0.4, 0.5) is 0 Å². The Kier molecular flexibility index (Phi) is 4.45. The Morgan fingerprint density at radius 3 is 2.76 bits per heavy atom. The van der Waals surface area contributed by atoms with Crippen molar-refractivity contribution in [2.24, 2.45) is 0 Å². The Morgan fingerprint density at radius 1 is 1.29 bits per heavy atom. The Bertz CT molecular complexity index is 514. The van der Waals surface area contributed by atoms with Crippen LogP contribution in [0.3, 0.4) is 0 Å². The van der Waals surface area contributed by atoms with Gasteiger partial charge in [-0.25, -0.2) is 0 Å². The maximum absolute atomic E-state index is 5.32. The third kappa shape index (κ3) is 3.01. The normalized spacial score (nSPS) is 10.6. The molecule has 4 heteroatoms. The summed E-state index contributed by atoms with van der Waals surface area (Å²) in [5.41, 5.74) is 2.39. The SMILES string of the molecule is CSCCCn1c(-c2ccccc2)c[nH]c1=S. The van der Waals surface area contributed by atoms with Gasteiger partial charge in [0.2, 0.25) is 0 Å². The smallest absolute Gasteiger partial charge is 0.177 e. The van der Waals surface area contributed by atoms with Crippen LogP contribution in [0.1, 0.15) is 6.42 Å². The number of hydrogen-bond donors (Lipinski definition) is 1. The number of thioether (sulfide) groups is 1. The molecule has 0 unspecified atom stereocenters. The molecular weight excluding hydrogens is 248 g/mol. The van der Waals surface area contributed by atoms with E-state index < -0.39 is 0 Å². The highest BCUT2D eigenvalue weighted by atomic mass is 32.2. The van der Waals surface area contributed by atoms with Crippen molar-refractivity contribution in [2.45, 2.75) is 13.0 Å². The first-order chi connectivity index (χ1) is 8.33. The van der Waals surface area contributed by atoms with E-state index in [4.69, 9.17) is 12.2 Å². The maximum Gasteiger partial charge on any atom is 0.177 e. The minimum Gasteiger partial charge on any atom is -0.337 e. The highest BCUT2D eigenvalue weighted by Gasteiger charge is 2.05. The molecule has 0 aliphatic rings. The van der Waals surface area contributed by atoms with Gasteiger partial charge in [-0.3, -0.25) is 0 Å². The summed E-state index contributed by atoms with van der Waals surface area (Å²) in [7, 11) is 0. The van der Waals surface area contributed by atoms with Gasteiger partial charge in [0.15, 0.2) is 4.77 Å². The van der Waals surface area contributed by atoms with Crippen LogP contribution in [-0.2, 0) is 6.54 Å². The van der Waals surface area contributed by atoms with Crippen molar-refractivity contribution in [3.63, 3.8) is 0 Å². The Morgan fingerprint density at radius 2 is 2.06 bits per heavy atom. The summed E-state index contributed by atoms with van der Waals surface area (Å²) in [4.78, 5) is 3.13. The second kappa shape index (κ2) is 6.07. The Balaban J connectivity index is 2.26. The van der Waals surface area contributed by atoms with E-state index >= 15 is 0 Å². The van der Waals surface area contributed by atoms with Gasteiger partial charge in [-0.2, -0.15) is 11.8 Å². The van der Waals surface area contributed by atoms with E-state index in [1.54, 1.807) is 0 Å². The number of benzene rings is 1. The summed E-state index contributed by atoms with van der Waals surface area (Å²) in [5.74, 6) is 1.17. The lowest BCUT2D eigenvalue weighted by Gasteiger charge is -2.07. The summed E-state index contributed by atoms with van der Waals surface area (Å²) in [6.07, 6.45) is 5.28. The molecule has 17 heavy (non-hydrogen) atoms. The zero-order valence-corrected chi connectivity index (χ0v) is 11.5. The molecule has 2 rings (SSSR count). The number of aromatic amines is 1. The molecule has 0 amide bonds. The van der Waals surface area contributed by atoms with Crippen molar-refractivity contribution in [2.75, 3.05) is 12.0 Å². The van der Waals surface area contributed by atoms with Gasteiger partial charge >= 0.3 is 0 Å². The van der Waals surface area contributed by atoms with E-state index in [0.29, 0.717) is 0 Å². The Labute approximate surface area is 111 Å². The molecule has 2 aromatic rings. The number of nitrogens with zero attached hydrogens (tertiary/aromatic N) is 1. The fourth-order valence-corrected chi connectivity index (χ4v) is 2.50. The average molecular weight is 264 g/mol. The molecule has 1 N–H and O–H groups in total. The lowest BCUT2D eigenvalue weighted by molar-refractivity contribution is 0.681. The van der Waals surface area contributed by atoms with Crippen molar-refractivity contribution in [3.05, 3.63) is 41.3 Å². The largest absolute Gasteiger partial charge is 0.337 e. The van der Waals surface area contributed by atoms with Gasteiger partial charge in [0.1, 0.15) is 0 Å². The van der Waals surface area contributed by atoms with Crippen LogP contribution in [0.5, 0.6) is 0 Å². The lowest BCUT2D eigenvalue weighted by Crippen LogP contribution is -2.01. The molecule has 0 radical (unpaired) electrons. The molecule has 1 aromatic heterocycles. The van der Waals surface area contributed by atoms with Crippen LogP contribution in [0.15, 0.2) is 36.5 Å². The second-order valence-electron chi connectivity index (χ2n) is 3.84. The van der Waals surface area contributed by atoms with Gasteiger partial charge in [0, 0.05) is 12.7 Å². The molecule has 0 aliphatic carbocycles. The van der Waals surface area contributed by atoms with Gasteiger partial charge in [-0.05, 0) is 36.2 Å². The van der Waals surface area contributed by atoms with Crippen molar-refractivity contribution in [3.8, 4) is 11.3 Å². The molecule has 0 aliphatic heterocycles. The van der Waals surface area contributed by atoms with E-state index in [-0.39, 0.29) is 0 Å². The Hall–Kier alpha value is -1.00. The number of imidazole rings is 1. The van der Waals surface area contributed by atoms with Crippen LogP contribution in [0, 0.1) is 4.77 Å². The summed E-state index contributed by atoms with van der Waals surface area (Å²) in [6.45, 7) is 0.980. The van der Waals surface area contributed by atoms with Crippen LogP contribution < -0.4 is 0 Å². The summed E-state index contributed by atoms with van der Waals surface area (Å²) in [6, 6.07) is 10.4. The van der Waals surface area contributed by atoms with Gasteiger partial charge in [-0.15, -0.1) is 0 Å². The number of aromatic nitrogens is 2.